The molecule has 1 saturated carbocycles. The van der Waals surface area contributed by atoms with Crippen molar-refractivity contribution in [1.29, 1.82) is 0 Å². The van der Waals surface area contributed by atoms with Gasteiger partial charge in [-0.2, -0.15) is 0 Å². The fourth-order valence-electron chi connectivity index (χ4n) is 2.16. The molecule has 0 aromatic heterocycles. The van der Waals surface area contributed by atoms with E-state index in [1.807, 2.05) is 13.8 Å². The molecule has 0 unspecified atom stereocenters. The highest BCUT2D eigenvalue weighted by Crippen LogP contribution is 2.40. The number of benzene rings is 1. The molecule has 1 aromatic carbocycles. The molecule has 0 radical (unpaired) electrons. The van der Waals surface area contributed by atoms with E-state index in [9.17, 15) is 0 Å². The first kappa shape index (κ1) is 11.7. The lowest BCUT2D eigenvalue weighted by Crippen LogP contribution is -2.25. The van der Waals surface area contributed by atoms with E-state index in [4.69, 9.17) is 22.1 Å². The fraction of sp³-hybridized carbons (Fsp3) is 0.538. The van der Waals surface area contributed by atoms with Gasteiger partial charge in [-0.3, -0.25) is 0 Å². The van der Waals surface area contributed by atoms with Gasteiger partial charge < -0.3 is 10.5 Å². The lowest BCUT2D eigenvalue weighted by atomic mass is 9.98. The van der Waals surface area contributed by atoms with Crippen LogP contribution in [0, 0.1) is 13.8 Å². The molecule has 0 saturated heterocycles. The summed E-state index contributed by atoms with van der Waals surface area (Å²) in [6.07, 6.45) is 3.10. The number of halogens is 1. The van der Waals surface area contributed by atoms with Crippen molar-refractivity contribution in [2.75, 3.05) is 7.11 Å². The molecule has 88 valence electrons. The number of hydrogen-bond donors (Lipinski definition) is 1. The Morgan fingerprint density at radius 1 is 1.44 bits per heavy atom. The van der Waals surface area contributed by atoms with Crippen molar-refractivity contribution in [2.45, 2.75) is 38.6 Å². The van der Waals surface area contributed by atoms with E-state index in [-0.39, 0.29) is 5.54 Å². The number of hydrogen-bond acceptors (Lipinski definition) is 2. The standard InChI is InChI=1S/C13H18ClNO/c1-8-6-10(7-13(15)4-5-13)12(16-3)9(2)11(8)14/h6H,4-5,7,15H2,1-3H3. The lowest BCUT2D eigenvalue weighted by molar-refractivity contribution is 0.404. The topological polar surface area (TPSA) is 35.2 Å². The highest BCUT2D eigenvalue weighted by atomic mass is 35.5. The first-order chi connectivity index (χ1) is 7.47. The summed E-state index contributed by atoms with van der Waals surface area (Å²) in [5.41, 5.74) is 9.45. The molecule has 2 nitrogen and oxygen atoms in total. The first-order valence-corrected chi connectivity index (χ1v) is 5.96. The number of rotatable bonds is 3. The Morgan fingerprint density at radius 2 is 2.06 bits per heavy atom. The highest BCUT2D eigenvalue weighted by Gasteiger charge is 2.39. The van der Waals surface area contributed by atoms with E-state index < -0.39 is 0 Å². The molecule has 3 heteroatoms. The molecule has 2 N–H and O–H groups in total. The van der Waals surface area contributed by atoms with Crippen molar-refractivity contribution in [3.8, 4) is 5.75 Å². The van der Waals surface area contributed by atoms with Crippen LogP contribution < -0.4 is 10.5 Å². The summed E-state index contributed by atoms with van der Waals surface area (Å²) in [7, 11) is 1.69. The summed E-state index contributed by atoms with van der Waals surface area (Å²) >= 11 is 6.21. The van der Waals surface area contributed by atoms with E-state index in [0.717, 1.165) is 41.2 Å². The first-order valence-electron chi connectivity index (χ1n) is 5.58. The number of methoxy groups -OCH3 is 1. The van der Waals surface area contributed by atoms with Crippen molar-refractivity contribution in [3.05, 3.63) is 27.8 Å². The van der Waals surface area contributed by atoms with Crippen LogP contribution in [0.5, 0.6) is 5.75 Å². The Balaban J connectivity index is 2.43. The van der Waals surface area contributed by atoms with Crippen LogP contribution in [0.25, 0.3) is 0 Å². The van der Waals surface area contributed by atoms with Gasteiger partial charge in [0.2, 0.25) is 0 Å². The summed E-state index contributed by atoms with van der Waals surface area (Å²) < 4.78 is 5.45. The Kier molecular flexibility index (Phi) is 2.89. The maximum atomic E-state index is 6.21. The molecule has 0 atom stereocenters. The van der Waals surface area contributed by atoms with E-state index >= 15 is 0 Å². The van der Waals surface area contributed by atoms with E-state index in [2.05, 4.69) is 6.07 Å². The molecule has 1 aliphatic rings. The van der Waals surface area contributed by atoms with Crippen LogP contribution in [-0.4, -0.2) is 12.6 Å². The molecule has 0 aliphatic heterocycles. The zero-order valence-corrected chi connectivity index (χ0v) is 10.8. The molecule has 1 aromatic rings. The minimum Gasteiger partial charge on any atom is -0.496 e. The molecule has 0 heterocycles. The quantitative estimate of drug-likeness (QED) is 0.880. The highest BCUT2D eigenvalue weighted by molar-refractivity contribution is 6.32. The van der Waals surface area contributed by atoms with Crippen LogP contribution >= 0.6 is 11.6 Å². The third kappa shape index (κ3) is 2.04. The van der Waals surface area contributed by atoms with Gasteiger partial charge in [0.25, 0.3) is 0 Å². The van der Waals surface area contributed by atoms with Gasteiger partial charge in [0, 0.05) is 11.1 Å². The molecular weight excluding hydrogens is 222 g/mol. The van der Waals surface area contributed by atoms with Gasteiger partial charge in [-0.15, -0.1) is 0 Å². The van der Waals surface area contributed by atoms with Gasteiger partial charge in [-0.25, -0.2) is 0 Å². The zero-order chi connectivity index (χ0) is 11.9. The predicted octanol–water partition coefficient (Wildman–Crippen LogP) is 3.00. The Hall–Kier alpha value is -0.730. The lowest BCUT2D eigenvalue weighted by Gasteiger charge is -2.17. The molecule has 16 heavy (non-hydrogen) atoms. The van der Waals surface area contributed by atoms with Crippen molar-refractivity contribution in [2.24, 2.45) is 5.73 Å². The molecule has 1 aliphatic carbocycles. The molecule has 2 rings (SSSR count). The minimum atomic E-state index is -0.0000104. The summed E-state index contributed by atoms with van der Waals surface area (Å²) in [6, 6.07) is 2.10. The van der Waals surface area contributed by atoms with Gasteiger partial charge in [0.15, 0.2) is 0 Å². The summed E-state index contributed by atoms with van der Waals surface area (Å²) in [4.78, 5) is 0. The Labute approximate surface area is 102 Å². The largest absolute Gasteiger partial charge is 0.496 e. The van der Waals surface area contributed by atoms with Gasteiger partial charge in [0.05, 0.1) is 12.1 Å². The summed E-state index contributed by atoms with van der Waals surface area (Å²) in [6.45, 7) is 4.02. The minimum absolute atomic E-state index is 0.0000104. The number of aryl methyl sites for hydroxylation is 1. The Morgan fingerprint density at radius 3 is 2.56 bits per heavy atom. The third-order valence-corrected chi connectivity index (χ3v) is 3.92. The van der Waals surface area contributed by atoms with Crippen LogP contribution in [0.15, 0.2) is 6.07 Å². The van der Waals surface area contributed by atoms with Gasteiger partial charge in [0.1, 0.15) is 5.75 Å². The van der Waals surface area contributed by atoms with Crippen LogP contribution in [-0.2, 0) is 6.42 Å². The zero-order valence-electron chi connectivity index (χ0n) is 10.1. The van der Waals surface area contributed by atoms with E-state index in [0.29, 0.717) is 0 Å². The number of ether oxygens (including phenoxy) is 1. The molecule has 0 bridgehead atoms. The van der Waals surface area contributed by atoms with Crippen molar-refractivity contribution in [3.63, 3.8) is 0 Å². The molecule has 1 fully saturated rings. The van der Waals surface area contributed by atoms with Crippen molar-refractivity contribution < 1.29 is 4.74 Å². The second kappa shape index (κ2) is 3.94. The molecular formula is C13H18ClNO. The van der Waals surface area contributed by atoms with Crippen LogP contribution in [0.3, 0.4) is 0 Å². The van der Waals surface area contributed by atoms with Gasteiger partial charge in [-0.1, -0.05) is 17.7 Å². The maximum absolute atomic E-state index is 6.21. The van der Waals surface area contributed by atoms with Crippen LogP contribution in [0.1, 0.15) is 29.5 Å². The average molecular weight is 240 g/mol. The van der Waals surface area contributed by atoms with Gasteiger partial charge >= 0.3 is 0 Å². The van der Waals surface area contributed by atoms with Crippen LogP contribution in [0.4, 0.5) is 0 Å². The average Bonchev–Trinajstić information content (AvgIpc) is 2.93. The molecule has 0 spiro atoms. The van der Waals surface area contributed by atoms with Crippen LogP contribution in [0.2, 0.25) is 5.02 Å². The summed E-state index contributed by atoms with van der Waals surface area (Å²) in [5, 5.41) is 0.794. The maximum Gasteiger partial charge on any atom is 0.126 e. The Bertz CT molecular complexity index is 424. The smallest absolute Gasteiger partial charge is 0.126 e. The fourth-order valence-corrected chi connectivity index (χ4v) is 2.30. The number of nitrogens with two attached hydrogens (primary N) is 1. The summed E-state index contributed by atoms with van der Waals surface area (Å²) in [5.74, 6) is 0.896. The van der Waals surface area contributed by atoms with Crippen molar-refractivity contribution in [1.82, 2.24) is 0 Å². The second-order valence-corrected chi connectivity index (χ2v) is 5.24. The van der Waals surface area contributed by atoms with Crippen molar-refractivity contribution >= 4 is 11.6 Å². The molecule has 0 amide bonds. The third-order valence-electron chi connectivity index (χ3n) is 3.34. The predicted molar refractivity (Wildman–Crippen MR) is 67.3 cm³/mol. The normalized spacial score (nSPS) is 17.3. The van der Waals surface area contributed by atoms with E-state index in [1.54, 1.807) is 7.11 Å². The second-order valence-electron chi connectivity index (χ2n) is 4.86. The monoisotopic (exact) mass is 239 g/mol. The SMILES string of the molecule is COc1c(CC2(N)CC2)cc(C)c(Cl)c1C. The van der Waals surface area contributed by atoms with E-state index in [1.165, 1.54) is 5.56 Å². The van der Waals surface area contributed by atoms with Gasteiger partial charge in [-0.05, 0) is 44.2 Å².